The summed E-state index contributed by atoms with van der Waals surface area (Å²) in [5, 5.41) is 0. The Hall–Kier alpha value is -1.78. The molecule has 0 aliphatic carbocycles. The van der Waals surface area contributed by atoms with Gasteiger partial charge in [0, 0.05) is 37.0 Å². The van der Waals surface area contributed by atoms with Crippen LogP contribution in [-0.2, 0) is 17.8 Å². The third-order valence-electron chi connectivity index (χ3n) is 3.82. The summed E-state index contributed by atoms with van der Waals surface area (Å²) in [5.74, 6) is 0.179. The normalized spacial score (nSPS) is 10.5. The smallest absolute Gasteiger partial charge is 0.222 e. The van der Waals surface area contributed by atoms with Crippen LogP contribution in [0.1, 0.15) is 30.4 Å². The number of carbonyl (C=O) groups excluding carboxylic acids is 1. The van der Waals surface area contributed by atoms with Crippen molar-refractivity contribution in [2.45, 2.75) is 37.1 Å². The summed E-state index contributed by atoms with van der Waals surface area (Å²) in [6.07, 6.45) is 3.57. The summed E-state index contributed by atoms with van der Waals surface area (Å²) >= 11 is 0.734. The van der Waals surface area contributed by atoms with Gasteiger partial charge in [-0.25, -0.2) is 0 Å². The highest BCUT2D eigenvalue weighted by Gasteiger charge is 2.09. The maximum atomic E-state index is 12.2. The number of carbonyl (C=O) groups is 1. The molecule has 0 spiro atoms. The summed E-state index contributed by atoms with van der Waals surface area (Å²) in [6.45, 7) is 0.605. The number of rotatable bonds is 8. The molecule has 0 aromatic heterocycles. The maximum absolute atomic E-state index is 12.2. The van der Waals surface area contributed by atoms with E-state index < -0.39 is 0 Å². The van der Waals surface area contributed by atoms with Gasteiger partial charge in [-0.3, -0.25) is 4.79 Å². The average Bonchev–Trinajstić information content (AvgIpc) is 2.60. The van der Waals surface area contributed by atoms with Crippen molar-refractivity contribution in [1.82, 2.24) is 4.90 Å². The number of hydrogen-bond acceptors (Lipinski definition) is 3. The number of hydrogen-bond donors (Lipinski definition) is 1. The highest BCUT2D eigenvalue weighted by molar-refractivity contribution is 7.93. The van der Waals surface area contributed by atoms with Gasteiger partial charge in [0.15, 0.2) is 0 Å². The quantitative estimate of drug-likeness (QED) is 0.567. The molecule has 0 heterocycles. The van der Waals surface area contributed by atoms with E-state index in [1.165, 1.54) is 5.56 Å². The van der Waals surface area contributed by atoms with Crippen LogP contribution in [0.3, 0.4) is 0 Å². The van der Waals surface area contributed by atoms with Crippen molar-refractivity contribution in [3.63, 3.8) is 0 Å². The van der Waals surface area contributed by atoms with Crippen LogP contribution in [0.5, 0.6) is 0 Å². The van der Waals surface area contributed by atoms with E-state index >= 15 is 0 Å². The molecule has 0 aliphatic heterocycles. The molecular formula is C19H23NO2S. The Morgan fingerprint density at radius 1 is 1.00 bits per heavy atom. The van der Waals surface area contributed by atoms with Gasteiger partial charge < -0.3 is 9.45 Å². The lowest BCUT2D eigenvalue weighted by atomic mass is 10.1. The van der Waals surface area contributed by atoms with E-state index in [1.807, 2.05) is 37.4 Å². The van der Waals surface area contributed by atoms with E-state index in [2.05, 4.69) is 24.3 Å². The summed E-state index contributed by atoms with van der Waals surface area (Å²) in [5.41, 5.74) is 2.40. The molecule has 2 aromatic carbocycles. The molecule has 0 aliphatic rings. The van der Waals surface area contributed by atoms with E-state index in [1.54, 1.807) is 4.90 Å². The van der Waals surface area contributed by atoms with Crippen LogP contribution in [0.4, 0.5) is 0 Å². The van der Waals surface area contributed by atoms with Crippen LogP contribution in [-0.4, -0.2) is 22.4 Å². The van der Waals surface area contributed by atoms with Crippen molar-refractivity contribution in [3.05, 3.63) is 65.7 Å². The number of benzene rings is 2. The first-order valence-electron chi connectivity index (χ1n) is 7.87. The molecule has 0 unspecified atom stereocenters. The minimum absolute atomic E-state index is 0.179. The van der Waals surface area contributed by atoms with Crippen LogP contribution in [0, 0.1) is 0 Å². The van der Waals surface area contributed by atoms with Gasteiger partial charge in [-0.15, -0.1) is 0 Å². The van der Waals surface area contributed by atoms with Crippen molar-refractivity contribution in [2.24, 2.45) is 0 Å². The summed E-state index contributed by atoms with van der Waals surface area (Å²) in [4.78, 5) is 14.7. The highest BCUT2D eigenvalue weighted by atomic mass is 32.2. The van der Waals surface area contributed by atoms with Crippen molar-refractivity contribution in [3.8, 4) is 0 Å². The second-order valence-corrected chi connectivity index (χ2v) is 6.33. The molecule has 0 fully saturated rings. The van der Waals surface area contributed by atoms with E-state index in [-0.39, 0.29) is 5.91 Å². The third kappa shape index (κ3) is 6.08. The Labute approximate surface area is 142 Å². The number of unbranched alkanes of at least 4 members (excludes halogenated alkanes) is 1. The van der Waals surface area contributed by atoms with E-state index in [9.17, 15) is 4.79 Å². The molecule has 0 radical (unpaired) electrons. The Balaban J connectivity index is 1.69. The molecule has 0 atom stereocenters. The first kappa shape index (κ1) is 17.6. The lowest BCUT2D eigenvalue weighted by molar-refractivity contribution is -0.130. The topological polar surface area (TPSA) is 40.5 Å². The van der Waals surface area contributed by atoms with Crippen LogP contribution in [0.2, 0.25) is 0 Å². The molecule has 0 saturated heterocycles. The van der Waals surface area contributed by atoms with Crippen molar-refractivity contribution >= 4 is 17.9 Å². The Kier molecular flexibility index (Phi) is 7.17. The van der Waals surface area contributed by atoms with E-state index in [4.69, 9.17) is 4.55 Å². The summed E-state index contributed by atoms with van der Waals surface area (Å²) < 4.78 is 8.95. The van der Waals surface area contributed by atoms with Crippen molar-refractivity contribution in [2.75, 3.05) is 7.05 Å². The Morgan fingerprint density at radius 3 is 2.35 bits per heavy atom. The van der Waals surface area contributed by atoms with Gasteiger partial charge in [0.05, 0.1) is 0 Å². The number of nitrogens with zero attached hydrogens (tertiary/aromatic N) is 1. The molecule has 1 amide bonds. The molecule has 2 aromatic rings. The van der Waals surface area contributed by atoms with Crippen LogP contribution >= 0.6 is 12.0 Å². The van der Waals surface area contributed by atoms with Gasteiger partial charge in [-0.05, 0) is 42.5 Å². The Bertz CT molecular complexity index is 599. The third-order valence-corrected chi connectivity index (χ3v) is 4.31. The van der Waals surface area contributed by atoms with E-state index in [0.29, 0.717) is 13.0 Å². The predicted octanol–water partition coefficient (Wildman–Crippen LogP) is 4.62. The van der Waals surface area contributed by atoms with Gasteiger partial charge in [0.2, 0.25) is 5.91 Å². The predicted molar refractivity (Wildman–Crippen MR) is 95.4 cm³/mol. The van der Waals surface area contributed by atoms with Crippen molar-refractivity contribution in [1.29, 1.82) is 0 Å². The molecule has 3 nitrogen and oxygen atoms in total. The fraction of sp³-hybridized carbons (Fsp3) is 0.316. The SMILES string of the molecule is CN(Cc1ccc(SO)cc1)C(=O)CCCCc1ccccc1. The van der Waals surface area contributed by atoms with Crippen LogP contribution in [0.15, 0.2) is 59.5 Å². The molecule has 2 rings (SSSR count). The second kappa shape index (κ2) is 9.38. The fourth-order valence-corrected chi connectivity index (χ4v) is 2.72. The molecule has 1 N–H and O–H groups in total. The second-order valence-electron chi connectivity index (χ2n) is 5.68. The van der Waals surface area contributed by atoms with Crippen molar-refractivity contribution < 1.29 is 9.35 Å². The largest absolute Gasteiger partial charge is 0.341 e. The molecule has 122 valence electrons. The van der Waals surface area contributed by atoms with Gasteiger partial charge in [-0.2, -0.15) is 0 Å². The monoisotopic (exact) mass is 329 g/mol. The minimum Gasteiger partial charge on any atom is -0.341 e. The van der Waals surface area contributed by atoms with Gasteiger partial charge in [0.25, 0.3) is 0 Å². The van der Waals surface area contributed by atoms with Gasteiger partial charge in [-0.1, -0.05) is 42.5 Å². The zero-order valence-electron chi connectivity index (χ0n) is 13.4. The lowest BCUT2D eigenvalue weighted by Crippen LogP contribution is -2.25. The lowest BCUT2D eigenvalue weighted by Gasteiger charge is -2.17. The fourth-order valence-electron chi connectivity index (χ4n) is 2.46. The maximum Gasteiger partial charge on any atom is 0.222 e. The van der Waals surface area contributed by atoms with Crippen LogP contribution in [0.25, 0.3) is 0 Å². The molecule has 4 heteroatoms. The summed E-state index contributed by atoms with van der Waals surface area (Å²) in [7, 11) is 1.84. The highest BCUT2D eigenvalue weighted by Crippen LogP contribution is 2.15. The average molecular weight is 329 g/mol. The minimum atomic E-state index is 0.179. The zero-order chi connectivity index (χ0) is 16.5. The molecule has 23 heavy (non-hydrogen) atoms. The first-order valence-corrected chi connectivity index (χ1v) is 8.64. The number of aryl methyl sites for hydroxylation is 1. The van der Waals surface area contributed by atoms with Crippen LogP contribution < -0.4 is 0 Å². The summed E-state index contributed by atoms with van der Waals surface area (Å²) in [6, 6.07) is 18.0. The van der Waals surface area contributed by atoms with E-state index in [0.717, 1.165) is 41.8 Å². The molecular weight excluding hydrogens is 306 g/mol. The Morgan fingerprint density at radius 2 is 1.70 bits per heavy atom. The number of amides is 1. The van der Waals surface area contributed by atoms with Gasteiger partial charge >= 0.3 is 0 Å². The zero-order valence-corrected chi connectivity index (χ0v) is 14.3. The molecule has 0 saturated carbocycles. The first-order chi connectivity index (χ1) is 11.2. The molecule has 0 bridgehead atoms. The standard InChI is InChI=1S/C19H23NO2S/c1-20(15-17-11-13-18(23-22)14-12-17)19(21)10-6-5-9-16-7-3-2-4-8-16/h2-4,7-8,11-14,22H,5-6,9-10,15H2,1H3. The van der Waals surface area contributed by atoms with Gasteiger partial charge in [0.1, 0.15) is 0 Å².